The number of carbonyl (C=O) groups excluding carboxylic acids is 1. The minimum atomic E-state index is 0.251. The van der Waals surface area contributed by atoms with E-state index in [2.05, 4.69) is 0 Å². The highest BCUT2D eigenvalue weighted by Gasteiger charge is 2.08. The summed E-state index contributed by atoms with van der Waals surface area (Å²) in [4.78, 5) is 11.1. The second kappa shape index (κ2) is 4.09. The molecule has 11 heavy (non-hydrogen) atoms. The first-order valence-corrected chi connectivity index (χ1v) is 3.93. The summed E-state index contributed by atoms with van der Waals surface area (Å²) in [5.41, 5.74) is 6.26. The normalized spacial score (nSPS) is 16.8. The van der Waals surface area contributed by atoms with Crippen molar-refractivity contribution >= 4 is 5.78 Å². The first-order chi connectivity index (χ1) is 5.34. The molecule has 0 saturated heterocycles. The number of nitrogens with two attached hydrogens (primary N) is 1. The Hall–Kier alpha value is -0.890. The van der Waals surface area contributed by atoms with Crippen molar-refractivity contribution in [1.29, 1.82) is 0 Å². The molecule has 0 aromatic carbocycles. The molecule has 0 spiro atoms. The van der Waals surface area contributed by atoms with Gasteiger partial charge in [0.15, 0.2) is 5.78 Å². The summed E-state index contributed by atoms with van der Waals surface area (Å²) in [5, 5.41) is 0. The summed E-state index contributed by atoms with van der Waals surface area (Å²) < 4.78 is 0. The van der Waals surface area contributed by atoms with E-state index >= 15 is 0 Å². The molecule has 0 fully saturated rings. The van der Waals surface area contributed by atoms with E-state index in [-0.39, 0.29) is 5.78 Å². The molecule has 0 bridgehead atoms. The second-order valence-corrected chi connectivity index (χ2v) is 2.64. The zero-order valence-corrected chi connectivity index (χ0v) is 6.55. The minimum Gasteiger partial charge on any atom is -0.330 e. The molecule has 0 unspecified atom stereocenters. The van der Waals surface area contributed by atoms with Crippen molar-refractivity contribution in [3.8, 4) is 0 Å². The van der Waals surface area contributed by atoms with Crippen LogP contribution in [0.2, 0.25) is 0 Å². The van der Waals surface area contributed by atoms with Gasteiger partial charge < -0.3 is 5.73 Å². The van der Waals surface area contributed by atoms with Gasteiger partial charge in [-0.05, 0) is 25.0 Å². The third-order valence-electron chi connectivity index (χ3n) is 1.75. The molecule has 0 atom stereocenters. The Bertz CT molecular complexity index is 204. The highest BCUT2D eigenvalue weighted by atomic mass is 16.1. The third kappa shape index (κ3) is 2.31. The lowest BCUT2D eigenvalue weighted by Gasteiger charge is -2.05. The number of hydrogen-bond donors (Lipinski definition) is 1. The van der Waals surface area contributed by atoms with Gasteiger partial charge in [-0.15, -0.1) is 0 Å². The van der Waals surface area contributed by atoms with Gasteiger partial charge in [0.05, 0.1) is 0 Å². The first kappa shape index (κ1) is 8.21. The lowest BCUT2D eigenvalue weighted by molar-refractivity contribution is -0.115. The SMILES string of the molecule is NCCCC1=CC=CCC1=O. The molecule has 1 aliphatic rings. The van der Waals surface area contributed by atoms with Crippen LogP contribution < -0.4 is 5.73 Å². The van der Waals surface area contributed by atoms with Gasteiger partial charge in [-0.3, -0.25) is 4.79 Å². The second-order valence-electron chi connectivity index (χ2n) is 2.64. The molecule has 2 N–H and O–H groups in total. The van der Waals surface area contributed by atoms with E-state index in [0.717, 1.165) is 18.4 Å². The zero-order chi connectivity index (χ0) is 8.10. The fourth-order valence-corrected chi connectivity index (χ4v) is 1.10. The summed E-state index contributed by atoms with van der Waals surface area (Å²) in [7, 11) is 0. The summed E-state index contributed by atoms with van der Waals surface area (Å²) >= 11 is 0. The Morgan fingerprint density at radius 2 is 2.36 bits per heavy atom. The fraction of sp³-hybridized carbons (Fsp3) is 0.444. The smallest absolute Gasteiger partial charge is 0.162 e. The molecule has 2 heteroatoms. The largest absolute Gasteiger partial charge is 0.330 e. The summed E-state index contributed by atoms with van der Waals surface area (Å²) in [6.45, 7) is 0.661. The Kier molecular flexibility index (Phi) is 3.05. The van der Waals surface area contributed by atoms with Crippen molar-refractivity contribution in [2.24, 2.45) is 5.73 Å². The molecule has 0 radical (unpaired) electrons. The molecule has 0 amide bonds. The van der Waals surface area contributed by atoms with Crippen LogP contribution in [0, 0.1) is 0 Å². The van der Waals surface area contributed by atoms with E-state index in [1.54, 1.807) is 0 Å². The van der Waals surface area contributed by atoms with E-state index < -0.39 is 0 Å². The molecule has 0 aromatic rings. The topological polar surface area (TPSA) is 43.1 Å². The molecule has 0 saturated carbocycles. The van der Waals surface area contributed by atoms with Gasteiger partial charge in [-0.25, -0.2) is 0 Å². The van der Waals surface area contributed by atoms with Crippen molar-refractivity contribution in [2.45, 2.75) is 19.3 Å². The van der Waals surface area contributed by atoms with Gasteiger partial charge in [0.2, 0.25) is 0 Å². The molecular formula is C9H13NO. The summed E-state index contributed by atoms with van der Waals surface area (Å²) in [5.74, 6) is 0.251. The van der Waals surface area contributed by atoms with E-state index in [1.807, 2.05) is 18.2 Å². The maximum absolute atomic E-state index is 11.1. The predicted octanol–water partition coefficient (Wildman–Crippen LogP) is 1.18. The van der Waals surface area contributed by atoms with Crippen molar-refractivity contribution < 1.29 is 4.79 Å². The lowest BCUT2D eigenvalue weighted by atomic mass is 9.99. The van der Waals surface area contributed by atoms with Crippen LogP contribution in [0.15, 0.2) is 23.8 Å². The zero-order valence-electron chi connectivity index (χ0n) is 6.55. The third-order valence-corrected chi connectivity index (χ3v) is 1.75. The number of ketones is 1. The highest BCUT2D eigenvalue weighted by Crippen LogP contribution is 2.12. The molecule has 1 rings (SSSR count). The number of rotatable bonds is 3. The Morgan fingerprint density at radius 3 is 3.00 bits per heavy atom. The highest BCUT2D eigenvalue weighted by molar-refractivity contribution is 5.97. The van der Waals surface area contributed by atoms with Gasteiger partial charge in [0.25, 0.3) is 0 Å². The van der Waals surface area contributed by atoms with Gasteiger partial charge in [-0.2, -0.15) is 0 Å². The average Bonchev–Trinajstić information content (AvgIpc) is 2.03. The Balaban J connectivity index is 2.47. The summed E-state index contributed by atoms with van der Waals surface area (Å²) in [6.07, 6.45) is 8.02. The number of Topliss-reactive ketones (excluding diaryl/α,β-unsaturated/α-hetero) is 1. The van der Waals surface area contributed by atoms with Crippen LogP contribution in [-0.2, 0) is 4.79 Å². The van der Waals surface area contributed by atoms with Crippen LogP contribution in [0.4, 0.5) is 0 Å². The maximum Gasteiger partial charge on any atom is 0.162 e. The van der Waals surface area contributed by atoms with Crippen LogP contribution in [-0.4, -0.2) is 12.3 Å². The van der Waals surface area contributed by atoms with Crippen LogP contribution >= 0.6 is 0 Å². The first-order valence-electron chi connectivity index (χ1n) is 3.93. The summed E-state index contributed by atoms with van der Waals surface area (Å²) in [6, 6.07) is 0. The van der Waals surface area contributed by atoms with Crippen molar-refractivity contribution in [1.82, 2.24) is 0 Å². The van der Waals surface area contributed by atoms with Gasteiger partial charge in [0, 0.05) is 6.42 Å². The molecule has 0 aromatic heterocycles. The molecule has 1 aliphatic carbocycles. The van der Waals surface area contributed by atoms with E-state index in [0.29, 0.717) is 13.0 Å². The van der Waals surface area contributed by atoms with Crippen LogP contribution in [0.5, 0.6) is 0 Å². The maximum atomic E-state index is 11.1. The van der Waals surface area contributed by atoms with E-state index in [4.69, 9.17) is 5.73 Å². The van der Waals surface area contributed by atoms with Gasteiger partial charge in [-0.1, -0.05) is 18.2 Å². The molecule has 0 aliphatic heterocycles. The molecule has 60 valence electrons. The van der Waals surface area contributed by atoms with E-state index in [1.165, 1.54) is 0 Å². The standard InChI is InChI=1S/C9H13NO/c10-7-3-5-8-4-1-2-6-9(8)11/h1-2,4H,3,5-7,10H2. The van der Waals surface area contributed by atoms with Crippen molar-refractivity contribution in [2.75, 3.05) is 6.54 Å². The molecule has 0 heterocycles. The van der Waals surface area contributed by atoms with E-state index in [9.17, 15) is 4.79 Å². The Labute approximate surface area is 66.8 Å². The molecule has 2 nitrogen and oxygen atoms in total. The number of carbonyl (C=O) groups is 1. The monoisotopic (exact) mass is 151 g/mol. The van der Waals surface area contributed by atoms with Crippen LogP contribution in [0.1, 0.15) is 19.3 Å². The number of allylic oxidation sites excluding steroid dienone is 4. The van der Waals surface area contributed by atoms with Crippen molar-refractivity contribution in [3.63, 3.8) is 0 Å². The Morgan fingerprint density at radius 1 is 1.55 bits per heavy atom. The number of hydrogen-bond acceptors (Lipinski definition) is 2. The average molecular weight is 151 g/mol. The lowest BCUT2D eigenvalue weighted by Crippen LogP contribution is -2.06. The predicted molar refractivity (Wildman–Crippen MR) is 45.1 cm³/mol. The van der Waals surface area contributed by atoms with Crippen molar-refractivity contribution in [3.05, 3.63) is 23.8 Å². The fourth-order valence-electron chi connectivity index (χ4n) is 1.10. The van der Waals surface area contributed by atoms with Crippen LogP contribution in [0.25, 0.3) is 0 Å². The minimum absolute atomic E-state index is 0.251. The molecular weight excluding hydrogens is 138 g/mol. The quantitative estimate of drug-likeness (QED) is 0.658. The van der Waals surface area contributed by atoms with Gasteiger partial charge in [0.1, 0.15) is 0 Å². The van der Waals surface area contributed by atoms with Crippen LogP contribution in [0.3, 0.4) is 0 Å². The van der Waals surface area contributed by atoms with Gasteiger partial charge >= 0.3 is 0 Å².